The Balaban J connectivity index is 1.45. The third-order valence-electron chi connectivity index (χ3n) is 5.59. The minimum atomic E-state index is -0.510. The third kappa shape index (κ3) is 6.94. The molecule has 0 atom stereocenters. The second-order valence-corrected chi connectivity index (χ2v) is 9.07. The molecule has 6 nitrogen and oxygen atoms in total. The molecule has 1 aromatic heterocycles. The molecule has 0 aliphatic rings. The number of pyridine rings is 1. The Labute approximate surface area is 230 Å². The number of aromatic nitrogens is 1. The van der Waals surface area contributed by atoms with Crippen LogP contribution in [0.1, 0.15) is 18.1 Å². The van der Waals surface area contributed by atoms with Gasteiger partial charge >= 0.3 is 0 Å². The van der Waals surface area contributed by atoms with Crippen LogP contribution in [0.3, 0.4) is 0 Å². The van der Waals surface area contributed by atoms with E-state index in [1.165, 1.54) is 12.1 Å². The van der Waals surface area contributed by atoms with E-state index >= 15 is 0 Å². The quantitative estimate of drug-likeness (QED) is 0.221. The normalized spacial score (nSPS) is 10.7. The number of benzene rings is 3. The molecule has 1 amide bonds. The number of nitrogens with zero attached hydrogens (tertiary/aromatic N) is 1. The second-order valence-electron chi connectivity index (χ2n) is 8.26. The summed E-state index contributed by atoms with van der Waals surface area (Å²) in [6.45, 7) is 2.56. The van der Waals surface area contributed by atoms with E-state index in [1.807, 2.05) is 31.2 Å². The molecule has 0 unspecified atom stereocenters. The highest BCUT2D eigenvalue weighted by molar-refractivity contribution is 6.42. The van der Waals surface area contributed by atoms with Crippen LogP contribution >= 0.6 is 23.2 Å². The highest BCUT2D eigenvalue weighted by Gasteiger charge is 2.14. The van der Waals surface area contributed by atoms with Crippen molar-refractivity contribution < 1.29 is 23.4 Å². The van der Waals surface area contributed by atoms with Gasteiger partial charge in [0.05, 0.1) is 30.2 Å². The summed E-state index contributed by atoms with van der Waals surface area (Å²) < 4.78 is 31.7. The van der Waals surface area contributed by atoms with E-state index in [9.17, 15) is 9.18 Å². The number of hydrogen-bond donors (Lipinski definition) is 1. The maximum Gasteiger partial charge on any atom is 0.257 e. The van der Waals surface area contributed by atoms with Crippen molar-refractivity contribution in [3.63, 3.8) is 0 Å². The molecule has 0 bridgehead atoms. The van der Waals surface area contributed by atoms with Crippen LogP contribution in [0.2, 0.25) is 10.0 Å². The molecule has 0 fully saturated rings. The summed E-state index contributed by atoms with van der Waals surface area (Å²) in [7, 11) is 1.61. The molecule has 4 aromatic rings. The summed E-state index contributed by atoms with van der Waals surface area (Å²) in [5.74, 6) is 0.654. The van der Waals surface area contributed by atoms with Crippen LogP contribution in [0.25, 0.3) is 11.1 Å². The molecule has 0 spiro atoms. The van der Waals surface area contributed by atoms with E-state index in [2.05, 4.69) is 10.3 Å². The Bertz CT molecular complexity index is 1430. The Morgan fingerprint density at radius 1 is 0.947 bits per heavy atom. The Kier molecular flexibility index (Phi) is 9.05. The van der Waals surface area contributed by atoms with Crippen LogP contribution < -0.4 is 19.5 Å². The zero-order chi connectivity index (χ0) is 27.1. The highest BCUT2D eigenvalue weighted by atomic mass is 35.5. The molecular weight excluding hydrogens is 530 g/mol. The largest absolute Gasteiger partial charge is 0.497 e. The summed E-state index contributed by atoms with van der Waals surface area (Å²) in [5, 5.41) is 3.39. The van der Waals surface area contributed by atoms with Gasteiger partial charge in [0.2, 0.25) is 5.91 Å². The number of ether oxygens (including phenoxy) is 3. The topological polar surface area (TPSA) is 69.7 Å². The van der Waals surface area contributed by atoms with Gasteiger partial charge in [-0.25, -0.2) is 9.37 Å². The van der Waals surface area contributed by atoms with Gasteiger partial charge in [0.25, 0.3) is 5.88 Å². The Morgan fingerprint density at radius 2 is 1.74 bits per heavy atom. The minimum Gasteiger partial charge on any atom is -0.497 e. The van der Waals surface area contributed by atoms with Crippen molar-refractivity contribution in [3.8, 4) is 28.5 Å². The Hall–Kier alpha value is -3.81. The fourth-order valence-corrected chi connectivity index (χ4v) is 3.95. The van der Waals surface area contributed by atoms with Crippen molar-refractivity contribution in [2.45, 2.75) is 20.0 Å². The van der Waals surface area contributed by atoms with Crippen LogP contribution in [-0.2, 0) is 17.8 Å². The summed E-state index contributed by atoms with van der Waals surface area (Å²) >= 11 is 11.9. The van der Waals surface area contributed by atoms with Crippen LogP contribution in [0.15, 0.2) is 72.9 Å². The lowest BCUT2D eigenvalue weighted by Crippen LogP contribution is -2.15. The van der Waals surface area contributed by atoms with E-state index in [0.29, 0.717) is 51.7 Å². The zero-order valence-corrected chi connectivity index (χ0v) is 22.3. The zero-order valence-electron chi connectivity index (χ0n) is 20.8. The smallest absolute Gasteiger partial charge is 0.257 e. The molecule has 1 heterocycles. The van der Waals surface area contributed by atoms with Gasteiger partial charge in [0.1, 0.15) is 18.2 Å². The number of anilines is 1. The number of nitrogens with one attached hydrogen (secondary N) is 1. The Morgan fingerprint density at radius 3 is 2.42 bits per heavy atom. The summed E-state index contributed by atoms with van der Waals surface area (Å²) in [4.78, 5) is 16.8. The first-order valence-electron chi connectivity index (χ1n) is 11.8. The predicted molar refractivity (Wildman–Crippen MR) is 147 cm³/mol. The van der Waals surface area contributed by atoms with Gasteiger partial charge in [0.15, 0.2) is 5.75 Å². The van der Waals surface area contributed by atoms with Crippen molar-refractivity contribution in [2.75, 3.05) is 19.0 Å². The number of amides is 1. The minimum absolute atomic E-state index is 0.146. The average Bonchev–Trinajstić information content (AvgIpc) is 2.91. The first-order chi connectivity index (χ1) is 18.4. The molecule has 9 heteroatoms. The van der Waals surface area contributed by atoms with Gasteiger partial charge in [0, 0.05) is 17.4 Å². The molecule has 0 saturated carbocycles. The van der Waals surface area contributed by atoms with Crippen LogP contribution in [0.4, 0.5) is 10.1 Å². The van der Waals surface area contributed by atoms with Crippen molar-refractivity contribution in [2.24, 2.45) is 0 Å². The maximum atomic E-state index is 14.9. The highest BCUT2D eigenvalue weighted by Crippen LogP contribution is 2.32. The summed E-state index contributed by atoms with van der Waals surface area (Å²) in [6.07, 6.45) is 1.45. The molecule has 1 N–H and O–H groups in total. The lowest BCUT2D eigenvalue weighted by molar-refractivity contribution is -0.115. The summed E-state index contributed by atoms with van der Waals surface area (Å²) in [5.41, 5.74) is 2.91. The molecule has 38 heavy (non-hydrogen) atoms. The number of methoxy groups -OCH3 is 1. The SMILES string of the molecule is CCOc1cc(-c2ccc(CC(=O)Nc3ccc(Cl)c(Cl)c3)c(F)c2)cnc1OCc1ccc(OC)cc1. The molecular formula is C29H25Cl2FN2O4. The second kappa shape index (κ2) is 12.6. The lowest BCUT2D eigenvalue weighted by atomic mass is 10.0. The number of hydrogen-bond acceptors (Lipinski definition) is 5. The molecule has 0 aliphatic heterocycles. The predicted octanol–water partition coefficient (Wildman–Crippen LogP) is 7.36. The van der Waals surface area contributed by atoms with Crippen LogP contribution in [0.5, 0.6) is 17.4 Å². The van der Waals surface area contributed by atoms with Crippen LogP contribution in [-0.4, -0.2) is 24.6 Å². The average molecular weight is 555 g/mol. The fourth-order valence-electron chi connectivity index (χ4n) is 3.65. The molecule has 0 aliphatic carbocycles. The first kappa shape index (κ1) is 27.2. The van der Waals surface area contributed by atoms with Gasteiger partial charge in [-0.15, -0.1) is 0 Å². The first-order valence-corrected chi connectivity index (χ1v) is 12.5. The number of carbonyl (C=O) groups excluding carboxylic acids is 1. The molecule has 3 aromatic carbocycles. The van der Waals surface area contributed by atoms with E-state index < -0.39 is 5.82 Å². The number of rotatable bonds is 10. The van der Waals surface area contributed by atoms with Crippen LogP contribution in [0, 0.1) is 5.82 Å². The molecule has 0 saturated heterocycles. The van der Waals surface area contributed by atoms with E-state index in [1.54, 1.807) is 43.6 Å². The fraction of sp³-hybridized carbons (Fsp3) is 0.172. The van der Waals surface area contributed by atoms with E-state index in [0.717, 1.165) is 11.3 Å². The van der Waals surface area contributed by atoms with Gasteiger partial charge in [-0.05, 0) is 66.1 Å². The van der Waals surface area contributed by atoms with E-state index in [4.69, 9.17) is 37.4 Å². The van der Waals surface area contributed by atoms with Crippen molar-refractivity contribution in [1.29, 1.82) is 0 Å². The standard InChI is InChI=1S/C29H25Cl2FN2O4/c1-3-37-27-13-21(16-33-29(27)38-17-18-4-9-23(36-2)10-5-18)19-6-7-20(26(32)12-19)14-28(35)34-22-8-11-24(30)25(31)15-22/h4-13,15-16H,3,14,17H2,1-2H3,(H,34,35). The lowest BCUT2D eigenvalue weighted by Gasteiger charge is -2.13. The van der Waals surface area contributed by atoms with Crippen molar-refractivity contribution in [3.05, 3.63) is 99.9 Å². The molecule has 4 rings (SSSR count). The van der Waals surface area contributed by atoms with Gasteiger partial charge < -0.3 is 19.5 Å². The van der Waals surface area contributed by atoms with Crippen molar-refractivity contribution >= 4 is 34.8 Å². The maximum absolute atomic E-state index is 14.9. The van der Waals surface area contributed by atoms with Gasteiger partial charge in [-0.2, -0.15) is 0 Å². The van der Waals surface area contributed by atoms with Crippen molar-refractivity contribution in [1.82, 2.24) is 4.98 Å². The van der Waals surface area contributed by atoms with Gasteiger partial charge in [-0.1, -0.05) is 47.5 Å². The monoisotopic (exact) mass is 554 g/mol. The van der Waals surface area contributed by atoms with E-state index in [-0.39, 0.29) is 17.9 Å². The number of carbonyl (C=O) groups is 1. The summed E-state index contributed by atoms with van der Waals surface area (Å²) in [6, 6.07) is 18.7. The molecule has 196 valence electrons. The van der Waals surface area contributed by atoms with Gasteiger partial charge in [-0.3, -0.25) is 4.79 Å². The molecule has 0 radical (unpaired) electrons. The third-order valence-corrected chi connectivity index (χ3v) is 6.33. The number of halogens is 3.